The molecule has 1 amide bonds. The normalized spacial score (nSPS) is 15.3. The van der Waals surface area contributed by atoms with E-state index in [1.54, 1.807) is 37.3 Å². The first-order valence-corrected chi connectivity index (χ1v) is 12.8. The van der Waals surface area contributed by atoms with E-state index in [0.717, 1.165) is 19.3 Å². The number of ether oxygens (including phenoxy) is 2. The number of amides is 1. The molecule has 1 N–H and O–H groups in total. The van der Waals surface area contributed by atoms with Gasteiger partial charge in [-0.1, -0.05) is 42.8 Å². The number of nitrogens with one attached hydrogen (secondary N) is 1. The highest BCUT2D eigenvalue weighted by Gasteiger charge is 2.27. The lowest BCUT2D eigenvalue weighted by Gasteiger charge is -2.26. The number of carbonyl (C=O) groups is 1. The van der Waals surface area contributed by atoms with E-state index in [-0.39, 0.29) is 10.6 Å². The van der Waals surface area contributed by atoms with E-state index in [0.29, 0.717) is 30.3 Å². The van der Waals surface area contributed by atoms with Crippen molar-refractivity contribution in [2.45, 2.75) is 37.2 Å². The third-order valence-electron chi connectivity index (χ3n) is 5.56. The standard InChI is InChI=1S/C26H28N2O5S/c1-20(32-21-11-5-2-6-12-21)26(29)27-24-19-23(34(30,31)28-17-9-4-10-18-28)15-16-25(24)33-22-13-7-3-8-14-22/h2-3,5-8,11-16,19-20H,4,9-10,17-18H2,1H3,(H,27,29). The van der Waals surface area contributed by atoms with Crippen molar-refractivity contribution in [1.29, 1.82) is 0 Å². The first-order valence-electron chi connectivity index (χ1n) is 11.3. The van der Waals surface area contributed by atoms with Gasteiger partial charge >= 0.3 is 0 Å². The van der Waals surface area contributed by atoms with Crippen molar-refractivity contribution in [2.75, 3.05) is 18.4 Å². The van der Waals surface area contributed by atoms with E-state index < -0.39 is 22.0 Å². The second kappa shape index (κ2) is 10.7. The zero-order valence-corrected chi connectivity index (χ0v) is 19.8. The summed E-state index contributed by atoms with van der Waals surface area (Å²) < 4.78 is 39.6. The third-order valence-corrected chi connectivity index (χ3v) is 7.45. The molecule has 0 aliphatic carbocycles. The van der Waals surface area contributed by atoms with Crippen LogP contribution < -0.4 is 14.8 Å². The molecule has 7 nitrogen and oxygen atoms in total. The van der Waals surface area contributed by atoms with Gasteiger partial charge < -0.3 is 14.8 Å². The maximum Gasteiger partial charge on any atom is 0.265 e. The molecular weight excluding hydrogens is 452 g/mol. The van der Waals surface area contributed by atoms with Crippen LogP contribution in [0.3, 0.4) is 0 Å². The van der Waals surface area contributed by atoms with Crippen LogP contribution in [0.1, 0.15) is 26.2 Å². The van der Waals surface area contributed by atoms with Crippen molar-refractivity contribution >= 4 is 21.6 Å². The number of sulfonamides is 1. The minimum absolute atomic E-state index is 0.113. The molecule has 0 aromatic heterocycles. The summed E-state index contributed by atoms with van der Waals surface area (Å²) in [5, 5.41) is 2.79. The van der Waals surface area contributed by atoms with Crippen molar-refractivity contribution in [3.8, 4) is 17.2 Å². The molecule has 0 bridgehead atoms. The minimum atomic E-state index is -3.68. The Labute approximate surface area is 200 Å². The predicted molar refractivity (Wildman–Crippen MR) is 131 cm³/mol. The monoisotopic (exact) mass is 480 g/mol. The Bertz CT molecular complexity index is 1210. The molecule has 3 aromatic rings. The number of nitrogens with zero attached hydrogens (tertiary/aromatic N) is 1. The fraction of sp³-hybridized carbons (Fsp3) is 0.269. The molecule has 8 heteroatoms. The Morgan fingerprint density at radius 3 is 2.15 bits per heavy atom. The fourth-order valence-electron chi connectivity index (χ4n) is 3.72. The van der Waals surface area contributed by atoms with E-state index >= 15 is 0 Å². The summed E-state index contributed by atoms with van der Waals surface area (Å²) in [5.74, 6) is 1.05. The van der Waals surface area contributed by atoms with Gasteiger partial charge in [-0.25, -0.2) is 8.42 Å². The van der Waals surface area contributed by atoms with Crippen molar-refractivity contribution < 1.29 is 22.7 Å². The molecule has 4 rings (SSSR count). The van der Waals surface area contributed by atoms with Crippen molar-refractivity contribution in [3.05, 3.63) is 78.9 Å². The second-order valence-corrected chi connectivity index (χ2v) is 10.0. The summed E-state index contributed by atoms with van der Waals surface area (Å²) in [6.07, 6.45) is 1.89. The summed E-state index contributed by atoms with van der Waals surface area (Å²) in [6, 6.07) is 22.7. The maximum absolute atomic E-state index is 13.2. The Kier molecular flexibility index (Phi) is 7.49. The molecule has 1 aliphatic rings. The molecule has 1 heterocycles. The summed E-state index contributed by atoms with van der Waals surface area (Å²) in [4.78, 5) is 13.0. The van der Waals surface area contributed by atoms with Crippen molar-refractivity contribution in [1.82, 2.24) is 4.31 Å². The van der Waals surface area contributed by atoms with E-state index in [1.807, 2.05) is 36.4 Å². The molecular formula is C26H28N2O5S. The zero-order chi connectivity index (χ0) is 24.0. The number of rotatable bonds is 8. The molecule has 1 saturated heterocycles. The number of anilines is 1. The minimum Gasteiger partial charge on any atom is -0.481 e. The topological polar surface area (TPSA) is 84.9 Å². The van der Waals surface area contributed by atoms with E-state index in [9.17, 15) is 13.2 Å². The molecule has 1 atom stereocenters. The van der Waals surface area contributed by atoms with E-state index in [4.69, 9.17) is 9.47 Å². The average Bonchev–Trinajstić information content (AvgIpc) is 2.86. The second-order valence-electron chi connectivity index (χ2n) is 8.10. The largest absolute Gasteiger partial charge is 0.481 e. The van der Waals surface area contributed by atoms with Crippen LogP contribution in [0, 0.1) is 0 Å². The SMILES string of the molecule is CC(Oc1ccccc1)C(=O)Nc1cc(S(=O)(=O)N2CCCCC2)ccc1Oc1ccccc1. The highest BCUT2D eigenvalue weighted by Crippen LogP contribution is 2.33. The number of hydrogen-bond donors (Lipinski definition) is 1. The molecule has 0 radical (unpaired) electrons. The highest BCUT2D eigenvalue weighted by atomic mass is 32.2. The zero-order valence-electron chi connectivity index (χ0n) is 19.0. The van der Waals surface area contributed by atoms with Gasteiger partial charge in [-0.05, 0) is 62.2 Å². The van der Waals surface area contributed by atoms with Gasteiger partial charge in [0.25, 0.3) is 5.91 Å². The van der Waals surface area contributed by atoms with Crippen LogP contribution in [0.4, 0.5) is 5.69 Å². The fourth-order valence-corrected chi connectivity index (χ4v) is 5.26. The number of carbonyl (C=O) groups excluding carboxylic acids is 1. The van der Waals surface area contributed by atoms with Crippen LogP contribution in [-0.4, -0.2) is 37.8 Å². The molecule has 1 fully saturated rings. The number of benzene rings is 3. The lowest BCUT2D eigenvalue weighted by Crippen LogP contribution is -2.35. The smallest absolute Gasteiger partial charge is 0.265 e. The highest BCUT2D eigenvalue weighted by molar-refractivity contribution is 7.89. The van der Waals surface area contributed by atoms with Gasteiger partial charge in [-0.15, -0.1) is 0 Å². The predicted octanol–water partition coefficient (Wildman–Crippen LogP) is 5.06. The molecule has 1 aliphatic heterocycles. The van der Waals surface area contributed by atoms with Crippen LogP contribution >= 0.6 is 0 Å². The van der Waals surface area contributed by atoms with Crippen molar-refractivity contribution in [3.63, 3.8) is 0 Å². The van der Waals surface area contributed by atoms with Crippen molar-refractivity contribution in [2.24, 2.45) is 0 Å². The summed E-state index contributed by atoms with van der Waals surface area (Å²) in [7, 11) is -3.68. The first kappa shape index (κ1) is 23.8. The lowest BCUT2D eigenvalue weighted by molar-refractivity contribution is -0.122. The Morgan fingerprint density at radius 1 is 0.882 bits per heavy atom. The first-order chi connectivity index (χ1) is 16.4. The molecule has 178 valence electrons. The maximum atomic E-state index is 13.2. The molecule has 1 unspecified atom stereocenters. The Hall–Kier alpha value is -3.36. The molecule has 0 saturated carbocycles. The molecule has 3 aromatic carbocycles. The van der Waals surface area contributed by atoms with Gasteiger partial charge in [0.1, 0.15) is 11.5 Å². The summed E-state index contributed by atoms with van der Waals surface area (Å²) in [6.45, 7) is 2.62. The number of para-hydroxylation sites is 2. The number of hydrogen-bond acceptors (Lipinski definition) is 5. The van der Waals surface area contributed by atoms with Crippen LogP contribution in [0.2, 0.25) is 0 Å². The Morgan fingerprint density at radius 2 is 1.50 bits per heavy atom. The van der Waals surface area contributed by atoms with E-state index in [2.05, 4.69) is 5.32 Å². The van der Waals surface area contributed by atoms with Gasteiger partial charge in [0.05, 0.1) is 10.6 Å². The van der Waals surface area contributed by atoms with Gasteiger partial charge in [0, 0.05) is 13.1 Å². The molecule has 34 heavy (non-hydrogen) atoms. The quantitative estimate of drug-likeness (QED) is 0.487. The average molecular weight is 481 g/mol. The van der Waals surface area contributed by atoms with Gasteiger partial charge in [-0.3, -0.25) is 4.79 Å². The van der Waals surface area contributed by atoms with Crippen LogP contribution in [-0.2, 0) is 14.8 Å². The van der Waals surface area contributed by atoms with Gasteiger partial charge in [0.2, 0.25) is 10.0 Å². The molecule has 0 spiro atoms. The third kappa shape index (κ3) is 5.76. The Balaban J connectivity index is 1.61. The lowest BCUT2D eigenvalue weighted by atomic mass is 10.2. The van der Waals surface area contributed by atoms with Crippen LogP contribution in [0.15, 0.2) is 83.8 Å². The van der Waals surface area contributed by atoms with Crippen LogP contribution in [0.25, 0.3) is 0 Å². The van der Waals surface area contributed by atoms with Gasteiger partial charge in [0.15, 0.2) is 11.9 Å². The van der Waals surface area contributed by atoms with Crippen LogP contribution in [0.5, 0.6) is 17.2 Å². The summed E-state index contributed by atoms with van der Waals surface area (Å²) in [5.41, 5.74) is 0.260. The summed E-state index contributed by atoms with van der Waals surface area (Å²) >= 11 is 0. The van der Waals surface area contributed by atoms with Gasteiger partial charge in [-0.2, -0.15) is 4.31 Å². The van der Waals surface area contributed by atoms with E-state index in [1.165, 1.54) is 16.4 Å². The number of piperidine rings is 1.